The zero-order valence-corrected chi connectivity index (χ0v) is 10.5. The summed E-state index contributed by atoms with van der Waals surface area (Å²) in [5.41, 5.74) is 5.62. The van der Waals surface area contributed by atoms with E-state index in [9.17, 15) is 9.18 Å². The van der Waals surface area contributed by atoms with E-state index in [2.05, 4.69) is 4.99 Å². The van der Waals surface area contributed by atoms with Gasteiger partial charge in [0.15, 0.2) is 0 Å². The highest BCUT2D eigenvalue weighted by Crippen LogP contribution is 2.27. The summed E-state index contributed by atoms with van der Waals surface area (Å²) in [5.74, 6) is -0.0421. The fraction of sp³-hybridized carbons (Fsp3) is 0.385. The number of amides is 2. The van der Waals surface area contributed by atoms with Gasteiger partial charge in [0.1, 0.15) is 17.2 Å². The molecule has 18 heavy (non-hydrogen) atoms. The standard InChI is InChI=1S/C13H16FN3O/c1-3-17-12(18)16-11(15)13(17,2)8-9-6-4-5-7-10(9)14/h4-7H,3,8H2,1-2H3,(H2,15,16,18). The molecule has 1 unspecified atom stereocenters. The van der Waals surface area contributed by atoms with Gasteiger partial charge in [0.05, 0.1) is 0 Å². The zero-order chi connectivity index (χ0) is 13.3. The Morgan fingerprint density at radius 2 is 2.11 bits per heavy atom. The lowest BCUT2D eigenvalue weighted by Crippen LogP contribution is -2.53. The Kier molecular flexibility index (Phi) is 3.07. The molecule has 2 rings (SSSR count). The summed E-state index contributed by atoms with van der Waals surface area (Å²) in [6.07, 6.45) is 0.328. The normalized spacial score (nSPS) is 23.4. The van der Waals surface area contributed by atoms with Crippen LogP contribution < -0.4 is 5.73 Å². The molecule has 1 aliphatic rings. The van der Waals surface area contributed by atoms with Crippen molar-refractivity contribution < 1.29 is 9.18 Å². The molecule has 0 spiro atoms. The first-order chi connectivity index (χ1) is 8.49. The largest absolute Gasteiger partial charge is 0.385 e. The van der Waals surface area contributed by atoms with Crippen LogP contribution in [0, 0.1) is 5.82 Å². The molecule has 0 fully saturated rings. The van der Waals surface area contributed by atoms with Gasteiger partial charge in [0.25, 0.3) is 0 Å². The average Bonchev–Trinajstić information content (AvgIpc) is 2.53. The Labute approximate surface area is 105 Å². The lowest BCUT2D eigenvalue weighted by atomic mass is 9.90. The van der Waals surface area contributed by atoms with Crippen LogP contribution in [0.1, 0.15) is 19.4 Å². The van der Waals surface area contributed by atoms with Crippen LogP contribution in [-0.4, -0.2) is 28.9 Å². The van der Waals surface area contributed by atoms with Gasteiger partial charge < -0.3 is 10.6 Å². The van der Waals surface area contributed by atoms with Gasteiger partial charge in [-0.25, -0.2) is 9.18 Å². The van der Waals surface area contributed by atoms with Crippen molar-refractivity contribution in [2.24, 2.45) is 10.7 Å². The van der Waals surface area contributed by atoms with Crippen LogP contribution in [-0.2, 0) is 6.42 Å². The molecule has 2 amide bonds. The smallest absolute Gasteiger partial charge is 0.346 e. The number of rotatable bonds is 3. The third-order valence-electron chi connectivity index (χ3n) is 3.40. The number of carbonyl (C=O) groups is 1. The maximum atomic E-state index is 13.7. The summed E-state index contributed by atoms with van der Waals surface area (Å²) in [6, 6.07) is 6.15. The minimum absolute atomic E-state index is 0.248. The van der Waals surface area contributed by atoms with Crippen LogP contribution in [0.25, 0.3) is 0 Å². The number of nitrogens with zero attached hydrogens (tertiary/aromatic N) is 2. The fourth-order valence-corrected chi connectivity index (χ4v) is 2.32. The van der Waals surface area contributed by atoms with Crippen LogP contribution in [0.2, 0.25) is 0 Å². The summed E-state index contributed by atoms with van der Waals surface area (Å²) in [6.45, 7) is 4.16. The van der Waals surface area contributed by atoms with Gasteiger partial charge in [-0.05, 0) is 25.5 Å². The number of likely N-dealkylation sites (N-methyl/N-ethyl adjacent to an activating group) is 1. The van der Waals surface area contributed by atoms with Gasteiger partial charge in [-0.1, -0.05) is 18.2 Å². The van der Waals surface area contributed by atoms with Gasteiger partial charge in [-0.3, -0.25) is 0 Å². The monoisotopic (exact) mass is 249 g/mol. The van der Waals surface area contributed by atoms with Crippen molar-refractivity contribution in [2.75, 3.05) is 6.54 Å². The highest BCUT2D eigenvalue weighted by atomic mass is 19.1. The van der Waals surface area contributed by atoms with Crippen molar-refractivity contribution in [3.05, 3.63) is 35.6 Å². The molecular formula is C13H16FN3O. The van der Waals surface area contributed by atoms with Crippen molar-refractivity contribution in [3.8, 4) is 0 Å². The topological polar surface area (TPSA) is 58.7 Å². The molecule has 5 heteroatoms. The molecular weight excluding hydrogens is 233 g/mol. The average molecular weight is 249 g/mol. The lowest BCUT2D eigenvalue weighted by Gasteiger charge is -2.34. The summed E-state index contributed by atoms with van der Waals surface area (Å²) in [7, 11) is 0. The number of hydrogen-bond acceptors (Lipinski definition) is 2. The highest BCUT2D eigenvalue weighted by molar-refractivity contribution is 6.05. The van der Waals surface area contributed by atoms with Crippen LogP contribution >= 0.6 is 0 Å². The highest BCUT2D eigenvalue weighted by Gasteiger charge is 2.44. The second kappa shape index (κ2) is 4.40. The number of nitrogens with two attached hydrogens (primary N) is 1. The van der Waals surface area contributed by atoms with Crippen molar-refractivity contribution in [1.29, 1.82) is 0 Å². The van der Waals surface area contributed by atoms with Gasteiger partial charge >= 0.3 is 6.03 Å². The number of aliphatic imine (C=N–C) groups is 1. The van der Waals surface area contributed by atoms with Gasteiger partial charge in [0.2, 0.25) is 0 Å². The Balaban J connectivity index is 2.35. The number of hydrogen-bond donors (Lipinski definition) is 1. The molecule has 1 aromatic carbocycles. The number of amidine groups is 1. The SMILES string of the molecule is CCN1C(=O)N=C(N)C1(C)Cc1ccccc1F. The maximum absolute atomic E-state index is 13.7. The Hall–Kier alpha value is -1.91. The predicted octanol–water partition coefficient (Wildman–Crippen LogP) is 1.94. The quantitative estimate of drug-likeness (QED) is 0.890. The summed E-state index contributed by atoms with van der Waals surface area (Å²) >= 11 is 0. The number of urea groups is 1. The third kappa shape index (κ3) is 1.85. The first kappa shape index (κ1) is 12.5. The molecule has 1 atom stereocenters. The van der Waals surface area contributed by atoms with Gasteiger partial charge in [-0.15, -0.1) is 0 Å². The molecule has 0 aromatic heterocycles. The van der Waals surface area contributed by atoms with Crippen molar-refractivity contribution >= 4 is 11.9 Å². The summed E-state index contributed by atoms with van der Waals surface area (Å²) < 4.78 is 13.7. The van der Waals surface area contributed by atoms with Crippen molar-refractivity contribution in [1.82, 2.24) is 4.90 Å². The van der Waals surface area contributed by atoms with E-state index < -0.39 is 5.54 Å². The number of benzene rings is 1. The van der Waals surface area contributed by atoms with Crippen LogP contribution in [0.4, 0.5) is 9.18 Å². The minimum atomic E-state index is -0.742. The Morgan fingerprint density at radius 1 is 1.44 bits per heavy atom. The van der Waals surface area contributed by atoms with Crippen LogP contribution in [0.3, 0.4) is 0 Å². The van der Waals surface area contributed by atoms with Crippen molar-refractivity contribution in [3.63, 3.8) is 0 Å². The molecule has 96 valence electrons. The van der Waals surface area contributed by atoms with E-state index >= 15 is 0 Å². The maximum Gasteiger partial charge on any atom is 0.346 e. The van der Waals surface area contributed by atoms with E-state index in [1.165, 1.54) is 6.07 Å². The first-order valence-electron chi connectivity index (χ1n) is 5.88. The molecule has 0 bridgehead atoms. The minimum Gasteiger partial charge on any atom is -0.385 e. The number of carbonyl (C=O) groups excluding carboxylic acids is 1. The molecule has 0 saturated heterocycles. The predicted molar refractivity (Wildman–Crippen MR) is 67.9 cm³/mol. The Bertz CT molecular complexity index is 515. The molecule has 1 heterocycles. The summed E-state index contributed by atoms with van der Waals surface area (Å²) in [4.78, 5) is 17.0. The Morgan fingerprint density at radius 3 is 2.72 bits per heavy atom. The van der Waals surface area contributed by atoms with E-state index in [0.717, 1.165) is 0 Å². The molecule has 1 aromatic rings. The van der Waals surface area contributed by atoms with E-state index in [4.69, 9.17) is 5.73 Å². The number of halogens is 1. The molecule has 1 aliphatic heterocycles. The zero-order valence-electron chi connectivity index (χ0n) is 10.5. The lowest BCUT2D eigenvalue weighted by molar-refractivity contribution is 0.182. The molecule has 2 N–H and O–H groups in total. The van der Waals surface area contributed by atoms with Gasteiger partial charge in [0, 0.05) is 13.0 Å². The molecule has 0 saturated carbocycles. The van der Waals surface area contributed by atoms with Crippen molar-refractivity contribution in [2.45, 2.75) is 25.8 Å². The summed E-state index contributed by atoms with van der Waals surface area (Å²) in [5, 5.41) is 0. The second-order valence-corrected chi connectivity index (χ2v) is 4.57. The first-order valence-corrected chi connectivity index (χ1v) is 5.88. The van der Waals surface area contributed by atoms with E-state index in [0.29, 0.717) is 18.5 Å². The second-order valence-electron chi connectivity index (χ2n) is 4.57. The molecule has 0 radical (unpaired) electrons. The third-order valence-corrected chi connectivity index (χ3v) is 3.40. The van der Waals surface area contributed by atoms with Gasteiger partial charge in [-0.2, -0.15) is 4.99 Å². The van der Waals surface area contributed by atoms with Crippen LogP contribution in [0.15, 0.2) is 29.3 Å². The fourth-order valence-electron chi connectivity index (χ4n) is 2.32. The van der Waals surface area contributed by atoms with E-state index in [1.807, 2.05) is 13.8 Å². The van der Waals surface area contributed by atoms with E-state index in [-0.39, 0.29) is 17.7 Å². The molecule has 4 nitrogen and oxygen atoms in total. The van der Waals surface area contributed by atoms with Crippen LogP contribution in [0.5, 0.6) is 0 Å². The van der Waals surface area contributed by atoms with E-state index in [1.54, 1.807) is 23.1 Å². The molecule has 0 aliphatic carbocycles.